The van der Waals surface area contributed by atoms with Crippen molar-refractivity contribution in [1.29, 1.82) is 0 Å². The van der Waals surface area contributed by atoms with Crippen molar-refractivity contribution in [2.45, 2.75) is 32.2 Å². The zero-order valence-corrected chi connectivity index (χ0v) is 12.0. The first kappa shape index (κ1) is 15.2. The maximum absolute atomic E-state index is 13.4. The number of β-amino-alcohol motifs (C(OH)–C–C–N with tert-alkyl or cyclic N) is 1. The molecule has 0 bridgehead atoms. The van der Waals surface area contributed by atoms with Crippen LogP contribution in [0.15, 0.2) is 24.3 Å². The number of ether oxygens (including phenoxy) is 2. The number of hydrogen-bond acceptors (Lipinski definition) is 4. The standard InChI is InChI=1S/C15H22FNO3/c1-11-7-17(8-12(2)20-11)9-13(18)10-19-15-6-4-3-5-14(15)16/h3-6,11-13,18H,7-10H2,1-2H3/t11-,12-,13+/m1/s1. The van der Waals surface area contributed by atoms with Crippen molar-refractivity contribution in [3.63, 3.8) is 0 Å². The third-order valence-corrected chi connectivity index (χ3v) is 3.23. The highest BCUT2D eigenvalue weighted by atomic mass is 19.1. The molecule has 0 spiro atoms. The van der Waals surface area contributed by atoms with Gasteiger partial charge >= 0.3 is 0 Å². The molecule has 2 rings (SSSR count). The molecule has 1 heterocycles. The fourth-order valence-corrected chi connectivity index (χ4v) is 2.53. The van der Waals surface area contributed by atoms with E-state index in [1.807, 2.05) is 13.8 Å². The minimum absolute atomic E-state index is 0.0844. The monoisotopic (exact) mass is 283 g/mol. The number of hydrogen-bond donors (Lipinski definition) is 1. The predicted octanol–water partition coefficient (Wildman–Crippen LogP) is 1.67. The Morgan fingerprint density at radius 2 is 2.00 bits per heavy atom. The molecule has 1 aliphatic heterocycles. The molecular weight excluding hydrogens is 261 g/mol. The Morgan fingerprint density at radius 3 is 2.65 bits per heavy atom. The smallest absolute Gasteiger partial charge is 0.165 e. The van der Waals surface area contributed by atoms with Crippen LogP contribution < -0.4 is 4.74 Å². The van der Waals surface area contributed by atoms with Crippen molar-refractivity contribution in [2.75, 3.05) is 26.2 Å². The highest BCUT2D eigenvalue weighted by Gasteiger charge is 2.24. The second-order valence-electron chi connectivity index (χ2n) is 5.37. The number of aliphatic hydroxyl groups excluding tert-OH is 1. The molecule has 1 aliphatic rings. The normalized spacial score (nSPS) is 25.4. The average molecular weight is 283 g/mol. The largest absolute Gasteiger partial charge is 0.488 e. The molecule has 1 saturated heterocycles. The van der Waals surface area contributed by atoms with Crippen molar-refractivity contribution >= 4 is 0 Å². The van der Waals surface area contributed by atoms with Gasteiger partial charge in [0.15, 0.2) is 11.6 Å². The molecule has 1 fully saturated rings. The number of para-hydroxylation sites is 1. The summed E-state index contributed by atoms with van der Waals surface area (Å²) in [4.78, 5) is 2.15. The quantitative estimate of drug-likeness (QED) is 0.892. The summed E-state index contributed by atoms with van der Waals surface area (Å²) < 4.78 is 24.3. The Balaban J connectivity index is 1.78. The summed E-state index contributed by atoms with van der Waals surface area (Å²) in [5.74, 6) is -0.233. The molecule has 5 heteroatoms. The molecule has 1 aromatic carbocycles. The number of aliphatic hydroxyl groups is 1. The van der Waals surface area contributed by atoms with Gasteiger partial charge in [-0.05, 0) is 26.0 Å². The summed E-state index contributed by atoms with van der Waals surface area (Å²) in [5.41, 5.74) is 0. The Morgan fingerprint density at radius 1 is 1.35 bits per heavy atom. The van der Waals surface area contributed by atoms with E-state index in [9.17, 15) is 9.50 Å². The second kappa shape index (κ2) is 7.02. The number of nitrogens with zero attached hydrogens (tertiary/aromatic N) is 1. The molecule has 20 heavy (non-hydrogen) atoms. The van der Waals surface area contributed by atoms with Crippen LogP contribution in [0.1, 0.15) is 13.8 Å². The molecule has 3 atom stereocenters. The van der Waals surface area contributed by atoms with Gasteiger partial charge in [0.25, 0.3) is 0 Å². The fourth-order valence-electron chi connectivity index (χ4n) is 2.53. The van der Waals surface area contributed by atoms with Crippen LogP contribution in [0, 0.1) is 5.82 Å². The van der Waals surface area contributed by atoms with Gasteiger partial charge in [-0.25, -0.2) is 4.39 Å². The Bertz CT molecular complexity index is 419. The van der Waals surface area contributed by atoms with Gasteiger partial charge in [0, 0.05) is 19.6 Å². The SMILES string of the molecule is C[C@@H]1CN(C[C@H](O)COc2ccccc2F)C[C@@H](C)O1. The summed E-state index contributed by atoms with van der Waals surface area (Å²) in [6.45, 7) is 6.21. The van der Waals surface area contributed by atoms with Gasteiger partial charge < -0.3 is 14.6 Å². The van der Waals surface area contributed by atoms with E-state index in [0.29, 0.717) is 6.54 Å². The van der Waals surface area contributed by atoms with Gasteiger partial charge in [-0.15, -0.1) is 0 Å². The lowest BCUT2D eigenvalue weighted by Crippen LogP contribution is -2.48. The van der Waals surface area contributed by atoms with Crippen molar-refractivity contribution < 1.29 is 19.0 Å². The van der Waals surface area contributed by atoms with Crippen LogP contribution in [0.2, 0.25) is 0 Å². The van der Waals surface area contributed by atoms with E-state index in [4.69, 9.17) is 9.47 Å². The van der Waals surface area contributed by atoms with E-state index in [0.717, 1.165) is 13.1 Å². The van der Waals surface area contributed by atoms with Gasteiger partial charge in [0.05, 0.1) is 12.2 Å². The van der Waals surface area contributed by atoms with Gasteiger partial charge in [0.1, 0.15) is 12.7 Å². The van der Waals surface area contributed by atoms with E-state index in [2.05, 4.69) is 4.90 Å². The Kier molecular flexibility index (Phi) is 5.34. The number of halogens is 1. The Hall–Kier alpha value is -1.17. The molecule has 0 aromatic heterocycles. The molecule has 112 valence electrons. The van der Waals surface area contributed by atoms with E-state index >= 15 is 0 Å². The Labute approximate surface area is 119 Å². The lowest BCUT2D eigenvalue weighted by atomic mass is 10.2. The molecule has 0 unspecified atom stereocenters. The van der Waals surface area contributed by atoms with Crippen molar-refractivity contribution in [1.82, 2.24) is 4.90 Å². The lowest BCUT2D eigenvalue weighted by Gasteiger charge is -2.36. The first-order valence-electron chi connectivity index (χ1n) is 6.98. The average Bonchev–Trinajstić information content (AvgIpc) is 2.36. The van der Waals surface area contributed by atoms with Gasteiger partial charge in [-0.1, -0.05) is 12.1 Å². The van der Waals surface area contributed by atoms with Crippen molar-refractivity contribution in [2.24, 2.45) is 0 Å². The fraction of sp³-hybridized carbons (Fsp3) is 0.600. The molecule has 4 nitrogen and oxygen atoms in total. The summed E-state index contributed by atoms with van der Waals surface area (Å²) in [5, 5.41) is 10.00. The third-order valence-electron chi connectivity index (χ3n) is 3.23. The minimum Gasteiger partial charge on any atom is -0.488 e. The van der Waals surface area contributed by atoms with Crippen LogP contribution in [-0.2, 0) is 4.74 Å². The summed E-state index contributed by atoms with van der Waals surface area (Å²) in [6.07, 6.45) is -0.316. The van der Waals surface area contributed by atoms with Crippen molar-refractivity contribution in [3.05, 3.63) is 30.1 Å². The predicted molar refractivity (Wildman–Crippen MR) is 74.4 cm³/mol. The first-order valence-corrected chi connectivity index (χ1v) is 6.98. The van der Waals surface area contributed by atoms with E-state index < -0.39 is 11.9 Å². The van der Waals surface area contributed by atoms with Gasteiger partial charge in [0.2, 0.25) is 0 Å². The summed E-state index contributed by atoms with van der Waals surface area (Å²) >= 11 is 0. The van der Waals surface area contributed by atoms with E-state index in [1.54, 1.807) is 18.2 Å². The molecule has 0 aliphatic carbocycles. The first-order chi connectivity index (χ1) is 9.54. The highest BCUT2D eigenvalue weighted by Crippen LogP contribution is 2.16. The van der Waals surface area contributed by atoms with Crippen molar-refractivity contribution in [3.8, 4) is 5.75 Å². The molecule has 0 saturated carbocycles. The zero-order chi connectivity index (χ0) is 14.5. The number of benzene rings is 1. The van der Waals surface area contributed by atoms with Crippen LogP contribution in [-0.4, -0.2) is 54.6 Å². The van der Waals surface area contributed by atoms with Crippen LogP contribution >= 0.6 is 0 Å². The van der Waals surface area contributed by atoms with E-state index in [-0.39, 0.29) is 24.6 Å². The molecule has 0 radical (unpaired) electrons. The topological polar surface area (TPSA) is 41.9 Å². The van der Waals surface area contributed by atoms with Crippen LogP contribution in [0.5, 0.6) is 5.75 Å². The highest BCUT2D eigenvalue weighted by molar-refractivity contribution is 5.23. The van der Waals surface area contributed by atoms with Gasteiger partial charge in [-0.3, -0.25) is 4.90 Å². The lowest BCUT2D eigenvalue weighted by molar-refractivity contribution is -0.0787. The summed E-state index contributed by atoms with van der Waals surface area (Å²) in [6, 6.07) is 6.21. The third kappa shape index (κ3) is 4.44. The number of rotatable bonds is 5. The number of morpholine rings is 1. The summed E-state index contributed by atoms with van der Waals surface area (Å²) in [7, 11) is 0. The zero-order valence-electron chi connectivity index (χ0n) is 12.0. The molecule has 1 aromatic rings. The molecule has 0 amide bonds. The molecule has 1 N–H and O–H groups in total. The minimum atomic E-state index is -0.646. The maximum Gasteiger partial charge on any atom is 0.165 e. The van der Waals surface area contributed by atoms with E-state index in [1.165, 1.54) is 6.07 Å². The molecular formula is C15H22FNO3. The van der Waals surface area contributed by atoms with Crippen LogP contribution in [0.3, 0.4) is 0 Å². The maximum atomic E-state index is 13.4. The van der Waals surface area contributed by atoms with Crippen LogP contribution in [0.25, 0.3) is 0 Å². The van der Waals surface area contributed by atoms with Gasteiger partial charge in [-0.2, -0.15) is 0 Å². The second-order valence-corrected chi connectivity index (χ2v) is 5.37. The van der Waals surface area contributed by atoms with Crippen LogP contribution in [0.4, 0.5) is 4.39 Å².